The van der Waals surface area contributed by atoms with Crippen molar-refractivity contribution in [1.29, 1.82) is 0 Å². The molecule has 0 unspecified atom stereocenters. The van der Waals surface area contributed by atoms with E-state index < -0.39 is 0 Å². The average molecular weight is 343 g/mol. The maximum atomic E-state index is 12.1. The molecule has 23 heavy (non-hydrogen) atoms. The number of para-hydroxylation sites is 2. The van der Waals surface area contributed by atoms with Crippen LogP contribution in [0.2, 0.25) is 5.02 Å². The summed E-state index contributed by atoms with van der Waals surface area (Å²) in [5, 5.41) is 1.31. The maximum absolute atomic E-state index is 12.1. The summed E-state index contributed by atoms with van der Waals surface area (Å²) in [6.07, 6.45) is 1.57. The van der Waals surface area contributed by atoms with E-state index in [0.29, 0.717) is 22.1 Å². The number of benzene rings is 1. The molecule has 3 heterocycles. The molecule has 1 aromatic carbocycles. The highest BCUT2D eigenvalue weighted by Crippen LogP contribution is 2.22. The molecule has 0 amide bonds. The molecule has 7 heteroatoms. The van der Waals surface area contributed by atoms with Crippen LogP contribution in [-0.4, -0.2) is 19.4 Å². The van der Waals surface area contributed by atoms with E-state index in [9.17, 15) is 4.79 Å². The van der Waals surface area contributed by atoms with Crippen molar-refractivity contribution in [2.24, 2.45) is 0 Å². The second-order valence-electron chi connectivity index (χ2n) is 5.01. The van der Waals surface area contributed by atoms with Gasteiger partial charge in [-0.1, -0.05) is 35.5 Å². The van der Waals surface area contributed by atoms with Gasteiger partial charge in [-0.25, -0.2) is 9.97 Å². The van der Waals surface area contributed by atoms with Crippen LogP contribution in [0.3, 0.4) is 0 Å². The van der Waals surface area contributed by atoms with Gasteiger partial charge in [0.25, 0.3) is 5.56 Å². The Bertz CT molecular complexity index is 1040. The van der Waals surface area contributed by atoms with Crippen LogP contribution in [-0.2, 0) is 5.75 Å². The zero-order chi connectivity index (χ0) is 15.8. The summed E-state index contributed by atoms with van der Waals surface area (Å²) in [5.74, 6) is 0.564. The van der Waals surface area contributed by atoms with Gasteiger partial charge in [-0.3, -0.25) is 9.20 Å². The van der Waals surface area contributed by atoms with Gasteiger partial charge in [0.15, 0.2) is 5.16 Å². The number of nitrogens with zero attached hydrogens (tertiary/aromatic N) is 3. The molecule has 0 radical (unpaired) electrons. The molecule has 0 bridgehead atoms. The number of hydrogen-bond donors (Lipinski definition) is 1. The highest BCUT2D eigenvalue weighted by atomic mass is 35.5. The summed E-state index contributed by atoms with van der Waals surface area (Å²) in [6.45, 7) is 0. The standard InChI is InChI=1S/C16H11ClN4OS/c17-10-5-6-14-18-11(7-15(22)21(14)8-10)9-23-16-19-12-3-1-2-4-13(12)20-16/h1-8H,9H2,(H,19,20). The fourth-order valence-electron chi connectivity index (χ4n) is 2.34. The molecule has 1 N–H and O–H groups in total. The van der Waals surface area contributed by atoms with E-state index in [2.05, 4.69) is 15.0 Å². The molecule has 0 atom stereocenters. The van der Waals surface area contributed by atoms with E-state index in [1.807, 2.05) is 24.3 Å². The van der Waals surface area contributed by atoms with Gasteiger partial charge in [0.1, 0.15) is 5.65 Å². The molecule has 0 aliphatic rings. The first-order chi connectivity index (χ1) is 11.2. The highest BCUT2D eigenvalue weighted by molar-refractivity contribution is 7.98. The van der Waals surface area contributed by atoms with E-state index in [0.717, 1.165) is 16.2 Å². The Morgan fingerprint density at radius 3 is 2.91 bits per heavy atom. The normalized spacial score (nSPS) is 11.3. The molecule has 0 saturated heterocycles. The molecule has 0 fully saturated rings. The van der Waals surface area contributed by atoms with Crippen molar-refractivity contribution >= 4 is 40.0 Å². The Labute approximate surface area is 140 Å². The zero-order valence-corrected chi connectivity index (χ0v) is 13.4. The Morgan fingerprint density at radius 1 is 1.17 bits per heavy atom. The van der Waals surface area contributed by atoms with Gasteiger partial charge < -0.3 is 4.98 Å². The number of rotatable bonds is 3. The van der Waals surface area contributed by atoms with Crippen LogP contribution in [0, 0.1) is 0 Å². The lowest BCUT2D eigenvalue weighted by Gasteiger charge is -2.03. The third-order valence-electron chi connectivity index (χ3n) is 3.40. The van der Waals surface area contributed by atoms with Gasteiger partial charge >= 0.3 is 0 Å². The first-order valence-electron chi connectivity index (χ1n) is 6.94. The first kappa shape index (κ1) is 14.3. The summed E-state index contributed by atoms with van der Waals surface area (Å²) in [6, 6.07) is 12.8. The SMILES string of the molecule is O=c1cc(CSc2nc3ccccc3[nH]2)nc2ccc(Cl)cn12. The van der Waals surface area contributed by atoms with Crippen molar-refractivity contribution in [2.45, 2.75) is 10.9 Å². The molecule has 3 aromatic heterocycles. The number of H-pyrrole nitrogens is 1. The molecular formula is C16H11ClN4OS. The van der Waals surface area contributed by atoms with Gasteiger partial charge in [0.05, 0.1) is 21.7 Å². The van der Waals surface area contributed by atoms with Crippen LogP contribution in [0.4, 0.5) is 0 Å². The van der Waals surface area contributed by atoms with Crippen molar-refractivity contribution in [3.8, 4) is 0 Å². The van der Waals surface area contributed by atoms with Crippen LogP contribution in [0.1, 0.15) is 5.69 Å². The number of pyridine rings is 1. The zero-order valence-electron chi connectivity index (χ0n) is 11.9. The first-order valence-corrected chi connectivity index (χ1v) is 8.31. The summed E-state index contributed by atoms with van der Waals surface area (Å²) in [5.41, 5.74) is 3.08. The molecule has 0 spiro atoms. The quantitative estimate of drug-likeness (QED) is 0.579. The molecule has 0 saturated carbocycles. The van der Waals surface area contributed by atoms with Crippen molar-refractivity contribution in [1.82, 2.24) is 19.4 Å². The molecule has 0 aliphatic heterocycles. The molecular weight excluding hydrogens is 332 g/mol. The molecule has 5 nitrogen and oxygen atoms in total. The van der Waals surface area contributed by atoms with Crippen LogP contribution < -0.4 is 5.56 Å². The predicted molar refractivity (Wildman–Crippen MR) is 92.1 cm³/mol. The number of thioether (sulfide) groups is 1. The number of aromatic nitrogens is 4. The summed E-state index contributed by atoms with van der Waals surface area (Å²) >= 11 is 7.42. The predicted octanol–water partition coefficient (Wildman–Crippen LogP) is 3.52. The van der Waals surface area contributed by atoms with E-state index >= 15 is 0 Å². The van der Waals surface area contributed by atoms with Gasteiger partial charge in [0.2, 0.25) is 0 Å². The molecule has 4 aromatic rings. The third kappa shape index (κ3) is 2.83. The highest BCUT2D eigenvalue weighted by Gasteiger charge is 2.06. The second kappa shape index (κ2) is 5.72. The lowest BCUT2D eigenvalue weighted by atomic mass is 10.3. The summed E-state index contributed by atoms with van der Waals surface area (Å²) in [7, 11) is 0. The maximum Gasteiger partial charge on any atom is 0.258 e. The van der Waals surface area contributed by atoms with Crippen LogP contribution >= 0.6 is 23.4 Å². The average Bonchev–Trinajstić information content (AvgIpc) is 2.96. The fraction of sp³-hybridized carbons (Fsp3) is 0.0625. The number of aromatic amines is 1. The van der Waals surface area contributed by atoms with E-state index in [1.54, 1.807) is 18.3 Å². The monoisotopic (exact) mass is 342 g/mol. The lowest BCUT2D eigenvalue weighted by molar-refractivity contribution is 1.01. The number of hydrogen-bond acceptors (Lipinski definition) is 4. The van der Waals surface area contributed by atoms with E-state index in [-0.39, 0.29) is 5.56 Å². The molecule has 4 rings (SSSR count). The molecule has 0 aliphatic carbocycles. The third-order valence-corrected chi connectivity index (χ3v) is 4.53. The van der Waals surface area contributed by atoms with Gasteiger partial charge in [-0.2, -0.15) is 0 Å². The van der Waals surface area contributed by atoms with Gasteiger partial charge in [0, 0.05) is 18.0 Å². The Kier molecular flexibility index (Phi) is 3.55. The van der Waals surface area contributed by atoms with E-state index in [4.69, 9.17) is 11.6 Å². The van der Waals surface area contributed by atoms with Crippen LogP contribution in [0.25, 0.3) is 16.7 Å². The van der Waals surface area contributed by atoms with Crippen LogP contribution in [0.5, 0.6) is 0 Å². The van der Waals surface area contributed by atoms with Gasteiger partial charge in [-0.15, -0.1) is 0 Å². The lowest BCUT2D eigenvalue weighted by Crippen LogP contribution is -2.15. The Morgan fingerprint density at radius 2 is 2.04 bits per heavy atom. The Balaban J connectivity index is 1.62. The van der Waals surface area contributed by atoms with E-state index in [1.165, 1.54) is 22.2 Å². The minimum atomic E-state index is -0.141. The number of fused-ring (bicyclic) bond motifs is 2. The van der Waals surface area contributed by atoms with Gasteiger partial charge in [-0.05, 0) is 24.3 Å². The fourth-order valence-corrected chi connectivity index (χ4v) is 3.28. The van der Waals surface area contributed by atoms with Crippen molar-refractivity contribution in [3.05, 3.63) is 69.7 Å². The minimum Gasteiger partial charge on any atom is -0.333 e. The second-order valence-corrected chi connectivity index (χ2v) is 6.41. The van der Waals surface area contributed by atoms with Crippen molar-refractivity contribution < 1.29 is 0 Å². The number of nitrogens with one attached hydrogen (secondary N) is 1. The smallest absolute Gasteiger partial charge is 0.258 e. The minimum absolute atomic E-state index is 0.141. The van der Waals surface area contributed by atoms with Crippen LogP contribution in [0.15, 0.2) is 58.6 Å². The number of halogens is 1. The Hall–Kier alpha value is -2.31. The van der Waals surface area contributed by atoms with Crippen molar-refractivity contribution in [2.75, 3.05) is 0 Å². The number of imidazole rings is 1. The van der Waals surface area contributed by atoms with Crippen molar-refractivity contribution in [3.63, 3.8) is 0 Å². The topological polar surface area (TPSA) is 63.0 Å². The summed E-state index contributed by atoms with van der Waals surface area (Å²) < 4.78 is 1.44. The largest absolute Gasteiger partial charge is 0.333 e. The summed E-state index contributed by atoms with van der Waals surface area (Å²) in [4.78, 5) is 24.4. The molecule has 114 valence electrons.